The molecule has 0 aromatic heterocycles. The van der Waals surface area contributed by atoms with E-state index in [1.165, 1.54) is 0 Å². The van der Waals surface area contributed by atoms with E-state index >= 15 is 0 Å². The van der Waals surface area contributed by atoms with Crippen molar-refractivity contribution in [2.24, 2.45) is 5.73 Å². The average Bonchev–Trinajstić information content (AvgIpc) is 2.43. The van der Waals surface area contributed by atoms with Gasteiger partial charge in [-0.05, 0) is 31.4 Å². The highest BCUT2D eigenvalue weighted by Crippen LogP contribution is 2.22. The Balaban J connectivity index is 2.09. The molecule has 0 spiro atoms. The van der Waals surface area contributed by atoms with Crippen LogP contribution in [0.1, 0.15) is 19.3 Å². The third-order valence-electron chi connectivity index (χ3n) is 2.97. The molecule has 1 heterocycles. The summed E-state index contributed by atoms with van der Waals surface area (Å²) < 4.78 is 0. The van der Waals surface area contributed by atoms with E-state index in [-0.39, 0.29) is 0 Å². The zero-order valence-corrected chi connectivity index (χ0v) is 8.89. The molecule has 1 saturated heterocycles. The van der Waals surface area contributed by atoms with Gasteiger partial charge >= 0.3 is 0 Å². The van der Waals surface area contributed by atoms with Crippen molar-refractivity contribution in [3.05, 3.63) is 24.3 Å². The Morgan fingerprint density at radius 3 is 2.93 bits per heavy atom. The number of phenols is 1. The van der Waals surface area contributed by atoms with Crippen LogP contribution in [-0.2, 0) is 0 Å². The van der Waals surface area contributed by atoms with Gasteiger partial charge in [0.2, 0.25) is 0 Å². The monoisotopic (exact) mass is 206 g/mol. The summed E-state index contributed by atoms with van der Waals surface area (Å²) in [6.07, 6.45) is 3.28. The SMILES string of the molecule is NC1CCCN(c2cccc(O)c2)CC1. The molecule has 0 radical (unpaired) electrons. The van der Waals surface area contributed by atoms with Crippen molar-refractivity contribution in [2.45, 2.75) is 25.3 Å². The predicted octanol–water partition coefficient (Wildman–Crippen LogP) is 1.71. The van der Waals surface area contributed by atoms with Crippen LogP contribution < -0.4 is 10.6 Å². The second-order valence-electron chi connectivity index (χ2n) is 4.20. The summed E-state index contributed by atoms with van der Waals surface area (Å²) in [5, 5.41) is 9.41. The number of anilines is 1. The predicted molar refractivity (Wildman–Crippen MR) is 62.1 cm³/mol. The molecule has 2 rings (SSSR count). The number of rotatable bonds is 1. The number of hydrogen-bond acceptors (Lipinski definition) is 3. The van der Waals surface area contributed by atoms with Crippen LogP contribution in [0.15, 0.2) is 24.3 Å². The third-order valence-corrected chi connectivity index (χ3v) is 2.97. The molecule has 0 aliphatic carbocycles. The van der Waals surface area contributed by atoms with Crippen molar-refractivity contribution in [3.63, 3.8) is 0 Å². The maximum Gasteiger partial charge on any atom is 0.117 e. The molecule has 1 aromatic rings. The van der Waals surface area contributed by atoms with Crippen molar-refractivity contribution in [1.29, 1.82) is 0 Å². The van der Waals surface area contributed by atoms with Gasteiger partial charge in [0, 0.05) is 30.9 Å². The van der Waals surface area contributed by atoms with E-state index in [1.54, 1.807) is 6.07 Å². The molecular formula is C12H18N2O. The molecule has 0 saturated carbocycles. The molecule has 15 heavy (non-hydrogen) atoms. The average molecular weight is 206 g/mol. The molecule has 3 nitrogen and oxygen atoms in total. The summed E-state index contributed by atoms with van der Waals surface area (Å²) in [5.74, 6) is 0.334. The number of benzene rings is 1. The summed E-state index contributed by atoms with van der Waals surface area (Å²) in [6, 6.07) is 7.78. The van der Waals surface area contributed by atoms with E-state index in [1.807, 2.05) is 18.2 Å². The van der Waals surface area contributed by atoms with Crippen LogP contribution >= 0.6 is 0 Å². The van der Waals surface area contributed by atoms with Crippen LogP contribution in [-0.4, -0.2) is 24.2 Å². The van der Waals surface area contributed by atoms with Crippen molar-refractivity contribution in [2.75, 3.05) is 18.0 Å². The number of hydrogen-bond donors (Lipinski definition) is 2. The Morgan fingerprint density at radius 1 is 1.27 bits per heavy atom. The zero-order chi connectivity index (χ0) is 10.7. The lowest BCUT2D eigenvalue weighted by Crippen LogP contribution is -2.26. The van der Waals surface area contributed by atoms with Crippen LogP contribution in [0.25, 0.3) is 0 Å². The second-order valence-corrected chi connectivity index (χ2v) is 4.20. The first-order valence-electron chi connectivity index (χ1n) is 5.55. The topological polar surface area (TPSA) is 49.5 Å². The Morgan fingerprint density at radius 2 is 2.13 bits per heavy atom. The Hall–Kier alpha value is -1.22. The molecule has 1 aliphatic rings. The molecule has 1 aliphatic heterocycles. The van der Waals surface area contributed by atoms with Gasteiger partial charge in [-0.15, -0.1) is 0 Å². The quantitative estimate of drug-likeness (QED) is 0.735. The lowest BCUT2D eigenvalue weighted by Gasteiger charge is -2.22. The summed E-state index contributed by atoms with van der Waals surface area (Å²) in [4.78, 5) is 2.30. The van der Waals surface area contributed by atoms with Gasteiger partial charge in [0.25, 0.3) is 0 Å². The van der Waals surface area contributed by atoms with Crippen molar-refractivity contribution in [1.82, 2.24) is 0 Å². The van der Waals surface area contributed by atoms with E-state index in [0.29, 0.717) is 11.8 Å². The van der Waals surface area contributed by atoms with Crippen LogP contribution in [0.3, 0.4) is 0 Å². The van der Waals surface area contributed by atoms with Gasteiger partial charge in [-0.3, -0.25) is 0 Å². The minimum Gasteiger partial charge on any atom is -0.508 e. The maximum atomic E-state index is 9.41. The number of nitrogens with two attached hydrogens (primary N) is 1. The van der Waals surface area contributed by atoms with E-state index in [9.17, 15) is 5.11 Å². The summed E-state index contributed by atoms with van der Waals surface area (Å²) in [6.45, 7) is 2.03. The smallest absolute Gasteiger partial charge is 0.117 e. The standard InChI is InChI=1S/C12H18N2O/c13-10-3-2-7-14(8-6-10)11-4-1-5-12(15)9-11/h1,4-5,9-10,15H,2-3,6-8,13H2. The van der Waals surface area contributed by atoms with Gasteiger partial charge in [0.05, 0.1) is 0 Å². The highest BCUT2D eigenvalue weighted by atomic mass is 16.3. The van der Waals surface area contributed by atoms with Gasteiger partial charge in [0.1, 0.15) is 5.75 Å². The summed E-state index contributed by atoms with van der Waals surface area (Å²) in [5.41, 5.74) is 7.03. The van der Waals surface area contributed by atoms with Gasteiger partial charge in [-0.2, -0.15) is 0 Å². The largest absolute Gasteiger partial charge is 0.508 e. The first-order chi connectivity index (χ1) is 7.25. The Bertz CT molecular complexity index is 327. The molecular weight excluding hydrogens is 188 g/mol. The minimum atomic E-state index is 0.334. The number of phenolic OH excluding ortho intramolecular Hbond substituents is 1. The Labute approximate surface area is 90.5 Å². The van der Waals surface area contributed by atoms with Crippen LogP contribution in [0, 0.1) is 0 Å². The molecule has 1 atom stereocenters. The van der Waals surface area contributed by atoms with E-state index < -0.39 is 0 Å². The van der Waals surface area contributed by atoms with E-state index in [0.717, 1.165) is 38.0 Å². The number of aromatic hydroxyl groups is 1. The van der Waals surface area contributed by atoms with Gasteiger partial charge in [-0.25, -0.2) is 0 Å². The summed E-state index contributed by atoms with van der Waals surface area (Å²) >= 11 is 0. The van der Waals surface area contributed by atoms with E-state index in [2.05, 4.69) is 4.90 Å². The summed E-state index contributed by atoms with van der Waals surface area (Å²) in [7, 11) is 0. The zero-order valence-electron chi connectivity index (χ0n) is 8.89. The van der Waals surface area contributed by atoms with Crippen LogP contribution in [0.2, 0.25) is 0 Å². The van der Waals surface area contributed by atoms with E-state index in [4.69, 9.17) is 5.73 Å². The fourth-order valence-electron chi connectivity index (χ4n) is 2.07. The van der Waals surface area contributed by atoms with Gasteiger partial charge in [0.15, 0.2) is 0 Å². The first-order valence-corrected chi connectivity index (χ1v) is 5.55. The van der Waals surface area contributed by atoms with Crippen molar-refractivity contribution >= 4 is 5.69 Å². The fraction of sp³-hybridized carbons (Fsp3) is 0.500. The normalized spacial score (nSPS) is 22.5. The van der Waals surface area contributed by atoms with Crippen LogP contribution in [0.5, 0.6) is 5.75 Å². The molecule has 0 bridgehead atoms. The molecule has 3 N–H and O–H groups in total. The third kappa shape index (κ3) is 2.63. The molecule has 3 heteroatoms. The minimum absolute atomic E-state index is 0.334. The van der Waals surface area contributed by atoms with Crippen LogP contribution in [0.4, 0.5) is 5.69 Å². The van der Waals surface area contributed by atoms with Crippen molar-refractivity contribution < 1.29 is 5.11 Å². The van der Waals surface area contributed by atoms with Gasteiger partial charge in [-0.1, -0.05) is 6.07 Å². The first kappa shape index (κ1) is 10.3. The molecule has 1 unspecified atom stereocenters. The van der Waals surface area contributed by atoms with Gasteiger partial charge < -0.3 is 15.7 Å². The highest BCUT2D eigenvalue weighted by Gasteiger charge is 2.14. The fourth-order valence-corrected chi connectivity index (χ4v) is 2.07. The molecule has 1 aromatic carbocycles. The molecule has 82 valence electrons. The highest BCUT2D eigenvalue weighted by molar-refractivity contribution is 5.50. The number of nitrogens with zero attached hydrogens (tertiary/aromatic N) is 1. The van der Waals surface area contributed by atoms with Crippen molar-refractivity contribution in [3.8, 4) is 5.75 Å². The Kier molecular flexibility index (Phi) is 3.11. The maximum absolute atomic E-state index is 9.41. The molecule has 1 fully saturated rings. The lowest BCUT2D eigenvalue weighted by molar-refractivity contribution is 0.475. The molecule has 0 amide bonds. The second kappa shape index (κ2) is 4.53. The lowest BCUT2D eigenvalue weighted by atomic mass is 10.1.